The fourth-order valence-electron chi connectivity index (χ4n) is 1.70. The van der Waals surface area contributed by atoms with Crippen molar-refractivity contribution in [1.82, 2.24) is 14.9 Å². The first-order valence-corrected chi connectivity index (χ1v) is 7.06. The number of nitrogens with one attached hydrogen (secondary N) is 2. The summed E-state index contributed by atoms with van der Waals surface area (Å²) in [5.41, 5.74) is -0.162. The van der Waals surface area contributed by atoms with Gasteiger partial charge in [-0.05, 0) is 27.2 Å². The average Bonchev–Trinajstić information content (AvgIpc) is 2.40. The van der Waals surface area contributed by atoms with Gasteiger partial charge in [0.1, 0.15) is 0 Å². The summed E-state index contributed by atoms with van der Waals surface area (Å²) in [6.07, 6.45) is 4.47. The summed E-state index contributed by atoms with van der Waals surface area (Å²) in [4.78, 5) is 27.7. The summed E-state index contributed by atoms with van der Waals surface area (Å²) < 4.78 is 1.61. The third kappa shape index (κ3) is 4.68. The highest BCUT2D eigenvalue weighted by Crippen LogP contribution is 2.01. The summed E-state index contributed by atoms with van der Waals surface area (Å²) >= 11 is 0. The van der Waals surface area contributed by atoms with Crippen LogP contribution in [-0.2, 0) is 4.79 Å². The molecule has 1 rings (SSSR count). The van der Waals surface area contributed by atoms with Gasteiger partial charge in [0.2, 0.25) is 5.91 Å². The van der Waals surface area contributed by atoms with Crippen molar-refractivity contribution in [3.8, 4) is 0 Å². The minimum absolute atomic E-state index is 0.0213. The van der Waals surface area contributed by atoms with Gasteiger partial charge in [-0.3, -0.25) is 9.59 Å². The topological polar surface area (TPSA) is 76.0 Å². The van der Waals surface area contributed by atoms with E-state index < -0.39 is 0 Å². The number of nitrogens with zero attached hydrogens (tertiary/aromatic N) is 2. The van der Waals surface area contributed by atoms with Gasteiger partial charge < -0.3 is 15.2 Å². The van der Waals surface area contributed by atoms with Gasteiger partial charge in [0.15, 0.2) is 5.82 Å². The molecule has 6 heteroatoms. The zero-order valence-electron chi connectivity index (χ0n) is 12.6. The lowest BCUT2D eigenvalue weighted by molar-refractivity contribution is -0.121. The standard InChI is InChI=1S/C14H24N4O2/c1-5-11(4)17-12(19)6-7-15-13-14(20)18(10(2)3)9-8-16-13/h8-11H,5-7H2,1-4H3,(H,15,16)(H,17,19). The van der Waals surface area contributed by atoms with Gasteiger partial charge >= 0.3 is 0 Å². The summed E-state index contributed by atoms with van der Waals surface area (Å²) in [5, 5.41) is 5.80. The van der Waals surface area contributed by atoms with Gasteiger partial charge in [0.25, 0.3) is 5.56 Å². The Bertz CT molecular complexity index is 496. The van der Waals surface area contributed by atoms with Gasteiger partial charge in [-0.1, -0.05) is 6.92 Å². The Hall–Kier alpha value is -1.85. The largest absolute Gasteiger partial charge is 0.365 e. The molecule has 20 heavy (non-hydrogen) atoms. The van der Waals surface area contributed by atoms with Gasteiger partial charge in [-0.25, -0.2) is 4.98 Å². The van der Waals surface area contributed by atoms with Crippen LogP contribution in [0.1, 0.15) is 46.6 Å². The Morgan fingerprint density at radius 2 is 2.10 bits per heavy atom. The highest BCUT2D eigenvalue weighted by molar-refractivity contribution is 5.76. The molecule has 1 amide bonds. The molecule has 0 aromatic carbocycles. The predicted molar refractivity (Wildman–Crippen MR) is 79.9 cm³/mol. The number of anilines is 1. The summed E-state index contributed by atoms with van der Waals surface area (Å²) in [6, 6.07) is 0.260. The van der Waals surface area contributed by atoms with Crippen molar-refractivity contribution in [3.05, 3.63) is 22.7 Å². The maximum atomic E-state index is 12.0. The highest BCUT2D eigenvalue weighted by Gasteiger charge is 2.08. The van der Waals surface area contributed by atoms with Crippen LogP contribution in [0, 0.1) is 0 Å². The molecule has 0 bridgehead atoms. The third-order valence-corrected chi connectivity index (χ3v) is 3.09. The molecule has 1 aromatic rings. The zero-order chi connectivity index (χ0) is 15.1. The number of carbonyl (C=O) groups is 1. The van der Waals surface area contributed by atoms with E-state index in [-0.39, 0.29) is 29.4 Å². The van der Waals surface area contributed by atoms with Crippen LogP contribution in [0.3, 0.4) is 0 Å². The molecule has 6 nitrogen and oxygen atoms in total. The SMILES string of the molecule is CCC(C)NC(=O)CCNc1nccn(C(C)C)c1=O. The van der Waals surface area contributed by atoms with E-state index in [1.165, 1.54) is 0 Å². The van der Waals surface area contributed by atoms with Gasteiger partial charge in [0.05, 0.1) is 0 Å². The molecule has 0 aliphatic carbocycles. The van der Waals surface area contributed by atoms with Crippen molar-refractivity contribution in [3.63, 3.8) is 0 Å². The van der Waals surface area contributed by atoms with E-state index in [0.717, 1.165) is 6.42 Å². The molecule has 0 saturated heterocycles. The number of rotatable bonds is 7. The van der Waals surface area contributed by atoms with E-state index >= 15 is 0 Å². The monoisotopic (exact) mass is 280 g/mol. The first-order chi connectivity index (χ1) is 9.45. The first-order valence-electron chi connectivity index (χ1n) is 7.06. The number of hydrogen-bond donors (Lipinski definition) is 2. The number of carbonyl (C=O) groups excluding carboxylic acids is 1. The minimum Gasteiger partial charge on any atom is -0.365 e. The fourth-order valence-corrected chi connectivity index (χ4v) is 1.70. The lowest BCUT2D eigenvalue weighted by Crippen LogP contribution is -2.33. The minimum atomic E-state index is -0.162. The van der Waals surface area contributed by atoms with E-state index in [2.05, 4.69) is 15.6 Å². The van der Waals surface area contributed by atoms with Crippen LogP contribution in [0.15, 0.2) is 17.2 Å². The smallest absolute Gasteiger partial charge is 0.293 e. The quantitative estimate of drug-likeness (QED) is 0.794. The Kier molecular flexibility index (Phi) is 6.21. The first kappa shape index (κ1) is 16.2. The molecule has 0 aliphatic heterocycles. The molecule has 1 aromatic heterocycles. The maximum Gasteiger partial charge on any atom is 0.293 e. The average molecular weight is 280 g/mol. The molecular formula is C14H24N4O2. The van der Waals surface area contributed by atoms with Crippen LogP contribution >= 0.6 is 0 Å². The van der Waals surface area contributed by atoms with E-state index in [1.807, 2.05) is 27.7 Å². The van der Waals surface area contributed by atoms with Crippen molar-refractivity contribution >= 4 is 11.7 Å². The lowest BCUT2D eigenvalue weighted by atomic mass is 10.2. The highest BCUT2D eigenvalue weighted by atomic mass is 16.1. The molecule has 1 heterocycles. The Morgan fingerprint density at radius 3 is 2.70 bits per heavy atom. The lowest BCUT2D eigenvalue weighted by Gasteiger charge is -2.13. The predicted octanol–water partition coefficient (Wildman–Crippen LogP) is 1.54. The summed E-state index contributed by atoms with van der Waals surface area (Å²) in [7, 11) is 0. The molecule has 0 spiro atoms. The number of amides is 1. The molecule has 2 N–H and O–H groups in total. The van der Waals surface area contributed by atoms with Crippen molar-refractivity contribution in [2.75, 3.05) is 11.9 Å². The van der Waals surface area contributed by atoms with Crippen LogP contribution in [-0.4, -0.2) is 28.0 Å². The maximum absolute atomic E-state index is 12.0. The Labute approximate surface area is 119 Å². The molecule has 0 fully saturated rings. The number of aromatic nitrogens is 2. The van der Waals surface area contributed by atoms with Crippen LogP contribution in [0.5, 0.6) is 0 Å². The van der Waals surface area contributed by atoms with Crippen LogP contribution in [0.25, 0.3) is 0 Å². The number of hydrogen-bond acceptors (Lipinski definition) is 4. The van der Waals surface area contributed by atoms with Crippen molar-refractivity contribution in [2.45, 2.75) is 52.6 Å². The third-order valence-electron chi connectivity index (χ3n) is 3.09. The van der Waals surface area contributed by atoms with Crippen LogP contribution in [0.4, 0.5) is 5.82 Å². The van der Waals surface area contributed by atoms with E-state index in [9.17, 15) is 9.59 Å². The van der Waals surface area contributed by atoms with Crippen molar-refractivity contribution in [2.24, 2.45) is 0 Å². The van der Waals surface area contributed by atoms with Crippen molar-refractivity contribution in [1.29, 1.82) is 0 Å². The fraction of sp³-hybridized carbons (Fsp3) is 0.643. The molecule has 0 radical (unpaired) electrons. The van der Waals surface area contributed by atoms with Gasteiger partial charge in [-0.2, -0.15) is 0 Å². The second-order valence-electron chi connectivity index (χ2n) is 5.14. The second kappa shape index (κ2) is 7.67. The summed E-state index contributed by atoms with van der Waals surface area (Å²) in [6.45, 7) is 8.25. The van der Waals surface area contributed by atoms with E-state index in [0.29, 0.717) is 13.0 Å². The Morgan fingerprint density at radius 1 is 1.40 bits per heavy atom. The zero-order valence-corrected chi connectivity index (χ0v) is 12.6. The van der Waals surface area contributed by atoms with Crippen LogP contribution in [0.2, 0.25) is 0 Å². The van der Waals surface area contributed by atoms with E-state index in [4.69, 9.17) is 0 Å². The molecule has 112 valence electrons. The molecule has 1 atom stereocenters. The molecule has 0 aliphatic rings. The van der Waals surface area contributed by atoms with Gasteiger partial charge in [-0.15, -0.1) is 0 Å². The van der Waals surface area contributed by atoms with Gasteiger partial charge in [0, 0.05) is 37.4 Å². The second-order valence-corrected chi connectivity index (χ2v) is 5.14. The molecule has 1 unspecified atom stereocenters. The molecule has 0 saturated carbocycles. The van der Waals surface area contributed by atoms with Crippen molar-refractivity contribution < 1.29 is 4.79 Å². The summed E-state index contributed by atoms with van der Waals surface area (Å²) in [5.74, 6) is 0.268. The van der Waals surface area contributed by atoms with Crippen LogP contribution < -0.4 is 16.2 Å². The van der Waals surface area contributed by atoms with E-state index in [1.54, 1.807) is 17.0 Å². The normalized spacial score (nSPS) is 12.2. The Balaban J connectivity index is 2.53. The molecular weight excluding hydrogens is 256 g/mol.